The van der Waals surface area contributed by atoms with Crippen molar-refractivity contribution in [2.45, 2.75) is 32.4 Å². The lowest BCUT2D eigenvalue weighted by molar-refractivity contribution is 0.519. The van der Waals surface area contributed by atoms with Gasteiger partial charge in [0.1, 0.15) is 0 Å². The predicted octanol–water partition coefficient (Wildman–Crippen LogP) is 4.55. The summed E-state index contributed by atoms with van der Waals surface area (Å²) < 4.78 is 0. The highest BCUT2D eigenvalue weighted by Crippen LogP contribution is 2.27. The van der Waals surface area contributed by atoms with Crippen molar-refractivity contribution in [3.05, 3.63) is 64.2 Å². The van der Waals surface area contributed by atoms with Crippen molar-refractivity contribution in [2.75, 3.05) is 11.9 Å². The Kier molecular flexibility index (Phi) is 4.47. The normalized spacial score (nSPS) is 14.6. The molecule has 3 rings (SSSR count). The van der Waals surface area contributed by atoms with Gasteiger partial charge in [0.25, 0.3) is 0 Å². The largest absolute Gasteiger partial charge is 0.384 e. The minimum Gasteiger partial charge on any atom is -0.384 e. The summed E-state index contributed by atoms with van der Waals surface area (Å²) in [5.74, 6) is 0. The highest BCUT2D eigenvalue weighted by molar-refractivity contribution is 6.30. The number of anilines is 1. The minimum absolute atomic E-state index is 0.334. The fraction of sp³-hybridized carbons (Fsp3) is 0.333. The van der Waals surface area contributed by atoms with Crippen molar-refractivity contribution in [1.82, 2.24) is 5.32 Å². The summed E-state index contributed by atoms with van der Waals surface area (Å²) in [6.07, 6.45) is 2.18. The molecule has 0 spiro atoms. The van der Waals surface area contributed by atoms with Crippen molar-refractivity contribution >= 4 is 17.3 Å². The lowest BCUT2D eigenvalue weighted by Gasteiger charge is -2.19. The average molecular weight is 301 g/mol. The maximum atomic E-state index is 6.10. The van der Waals surface area contributed by atoms with Crippen LogP contribution in [0.15, 0.2) is 42.5 Å². The molecule has 3 heteroatoms. The van der Waals surface area contributed by atoms with Gasteiger partial charge in [-0.3, -0.25) is 0 Å². The minimum atomic E-state index is 0.334. The molecule has 1 aliphatic heterocycles. The third-order valence-electron chi connectivity index (χ3n) is 4.13. The van der Waals surface area contributed by atoms with Crippen LogP contribution in [-0.2, 0) is 13.0 Å². The molecule has 1 atom stereocenters. The van der Waals surface area contributed by atoms with Crippen molar-refractivity contribution in [1.29, 1.82) is 0 Å². The van der Waals surface area contributed by atoms with Gasteiger partial charge in [-0.25, -0.2) is 0 Å². The van der Waals surface area contributed by atoms with Gasteiger partial charge in [-0.15, -0.1) is 0 Å². The molecule has 2 aromatic rings. The number of benzene rings is 2. The van der Waals surface area contributed by atoms with Crippen molar-refractivity contribution in [3.63, 3.8) is 0 Å². The molecule has 0 saturated heterocycles. The Labute approximate surface area is 131 Å². The number of nitrogens with one attached hydrogen (secondary N) is 2. The molecule has 0 aromatic heterocycles. The summed E-state index contributed by atoms with van der Waals surface area (Å²) in [5, 5.41) is 7.96. The SMILES string of the molecule is CCC(NCc1cccc2c1NCC2)c1cccc(Cl)c1. The molecular formula is C18H21ClN2. The molecule has 0 fully saturated rings. The van der Waals surface area contributed by atoms with E-state index in [-0.39, 0.29) is 0 Å². The summed E-state index contributed by atoms with van der Waals surface area (Å²) in [4.78, 5) is 0. The van der Waals surface area contributed by atoms with E-state index in [2.05, 4.69) is 47.9 Å². The molecule has 110 valence electrons. The summed E-state index contributed by atoms with van der Waals surface area (Å²) in [5.41, 5.74) is 5.37. The molecular weight excluding hydrogens is 280 g/mol. The first-order valence-electron chi connectivity index (χ1n) is 7.61. The first-order chi connectivity index (χ1) is 10.3. The van der Waals surface area contributed by atoms with Crippen molar-refractivity contribution in [2.24, 2.45) is 0 Å². The molecule has 21 heavy (non-hydrogen) atoms. The third-order valence-corrected chi connectivity index (χ3v) is 4.37. The number of para-hydroxylation sites is 1. The van der Waals surface area contributed by atoms with E-state index in [1.807, 2.05) is 12.1 Å². The molecule has 0 aliphatic carbocycles. The second-order valence-corrected chi connectivity index (χ2v) is 5.96. The second kappa shape index (κ2) is 6.50. The quantitative estimate of drug-likeness (QED) is 0.846. The lowest BCUT2D eigenvalue weighted by Crippen LogP contribution is -2.20. The highest BCUT2D eigenvalue weighted by Gasteiger charge is 2.15. The molecule has 1 unspecified atom stereocenters. The van der Waals surface area contributed by atoms with Gasteiger partial charge in [0.2, 0.25) is 0 Å². The Balaban J connectivity index is 1.73. The third kappa shape index (κ3) is 3.22. The highest BCUT2D eigenvalue weighted by atomic mass is 35.5. The van der Waals surface area contributed by atoms with Gasteiger partial charge in [-0.2, -0.15) is 0 Å². The first kappa shape index (κ1) is 14.4. The van der Waals surface area contributed by atoms with Crippen LogP contribution >= 0.6 is 11.6 Å². The molecule has 1 aliphatic rings. The Hall–Kier alpha value is -1.51. The maximum absolute atomic E-state index is 6.10. The second-order valence-electron chi connectivity index (χ2n) is 5.52. The van der Waals surface area contributed by atoms with Gasteiger partial charge < -0.3 is 10.6 Å². The standard InChI is InChI=1S/C18H21ClN2/c1-2-17(14-6-4-8-16(19)11-14)21-12-15-7-3-5-13-9-10-20-18(13)15/h3-8,11,17,20-21H,2,9-10,12H2,1H3. The Morgan fingerprint density at radius 2 is 2.10 bits per heavy atom. The molecule has 2 N–H and O–H groups in total. The van der Waals surface area contributed by atoms with E-state index in [0.29, 0.717) is 6.04 Å². The topological polar surface area (TPSA) is 24.1 Å². The summed E-state index contributed by atoms with van der Waals surface area (Å²) in [6.45, 7) is 4.13. The van der Waals surface area contributed by atoms with Crippen molar-refractivity contribution in [3.8, 4) is 0 Å². The zero-order chi connectivity index (χ0) is 14.7. The molecule has 0 saturated carbocycles. The Morgan fingerprint density at radius 3 is 2.90 bits per heavy atom. The van der Waals surface area contributed by atoms with Gasteiger partial charge in [0.05, 0.1) is 0 Å². The monoisotopic (exact) mass is 300 g/mol. The van der Waals surface area contributed by atoms with Gasteiger partial charge in [-0.05, 0) is 41.7 Å². The number of hydrogen-bond acceptors (Lipinski definition) is 2. The number of fused-ring (bicyclic) bond motifs is 1. The fourth-order valence-corrected chi connectivity index (χ4v) is 3.21. The molecule has 1 heterocycles. The van der Waals surface area contributed by atoms with E-state index in [1.165, 1.54) is 22.4 Å². The summed E-state index contributed by atoms with van der Waals surface area (Å²) in [7, 11) is 0. The van der Waals surface area contributed by atoms with Crippen LogP contribution < -0.4 is 10.6 Å². The van der Waals surface area contributed by atoms with Crippen LogP contribution in [0.3, 0.4) is 0 Å². The van der Waals surface area contributed by atoms with Gasteiger partial charge in [0.15, 0.2) is 0 Å². The first-order valence-corrected chi connectivity index (χ1v) is 7.99. The van der Waals surface area contributed by atoms with Gasteiger partial charge in [0, 0.05) is 29.8 Å². The van der Waals surface area contributed by atoms with Gasteiger partial charge in [-0.1, -0.05) is 48.9 Å². The lowest BCUT2D eigenvalue weighted by atomic mass is 10.0. The van der Waals surface area contributed by atoms with Crippen LogP contribution in [0.4, 0.5) is 5.69 Å². The zero-order valence-electron chi connectivity index (χ0n) is 12.3. The van der Waals surface area contributed by atoms with E-state index in [4.69, 9.17) is 11.6 Å². The van der Waals surface area contributed by atoms with Crippen LogP contribution in [0.1, 0.15) is 36.1 Å². The van der Waals surface area contributed by atoms with E-state index in [0.717, 1.165) is 31.0 Å². The average Bonchev–Trinajstić information content (AvgIpc) is 2.97. The Morgan fingerprint density at radius 1 is 1.24 bits per heavy atom. The van der Waals surface area contributed by atoms with E-state index < -0.39 is 0 Å². The van der Waals surface area contributed by atoms with Crippen LogP contribution in [0.2, 0.25) is 5.02 Å². The Bertz CT molecular complexity index is 624. The maximum Gasteiger partial charge on any atom is 0.0419 e. The molecule has 2 nitrogen and oxygen atoms in total. The van der Waals surface area contributed by atoms with Crippen LogP contribution in [0.5, 0.6) is 0 Å². The number of rotatable bonds is 5. The number of halogens is 1. The smallest absolute Gasteiger partial charge is 0.0419 e. The summed E-state index contributed by atoms with van der Waals surface area (Å²) in [6, 6.07) is 15.0. The molecule has 2 aromatic carbocycles. The van der Waals surface area contributed by atoms with E-state index in [1.54, 1.807) is 0 Å². The molecule has 0 amide bonds. The number of hydrogen-bond donors (Lipinski definition) is 2. The summed E-state index contributed by atoms with van der Waals surface area (Å²) >= 11 is 6.10. The van der Waals surface area contributed by atoms with Crippen LogP contribution in [-0.4, -0.2) is 6.54 Å². The van der Waals surface area contributed by atoms with E-state index in [9.17, 15) is 0 Å². The molecule has 0 radical (unpaired) electrons. The van der Waals surface area contributed by atoms with Gasteiger partial charge >= 0.3 is 0 Å². The van der Waals surface area contributed by atoms with Crippen LogP contribution in [0.25, 0.3) is 0 Å². The fourth-order valence-electron chi connectivity index (χ4n) is 3.01. The van der Waals surface area contributed by atoms with E-state index >= 15 is 0 Å². The zero-order valence-corrected chi connectivity index (χ0v) is 13.1. The predicted molar refractivity (Wildman–Crippen MR) is 90.0 cm³/mol. The van der Waals surface area contributed by atoms with Crippen LogP contribution in [0, 0.1) is 0 Å². The molecule has 0 bridgehead atoms. The van der Waals surface area contributed by atoms with Crippen molar-refractivity contribution < 1.29 is 0 Å².